The fraction of sp³-hybridized carbons (Fsp3) is 0.529. The summed E-state index contributed by atoms with van der Waals surface area (Å²) in [6, 6.07) is 6.42. The maximum atomic E-state index is 12.7. The first-order chi connectivity index (χ1) is 10.7. The standard InChI is InChI=1S/C17H23N3OS/c1-3-8-18-14-6-9-20(10-7-14)17(21)13-4-5-15-16(11-13)22-12(2)19-15/h4-5,11,14,18H,3,6-10H2,1-2H3. The molecule has 0 radical (unpaired) electrons. The number of thiazole rings is 1. The van der Waals surface area contributed by atoms with Crippen LogP contribution in [0.3, 0.4) is 0 Å². The lowest BCUT2D eigenvalue weighted by Crippen LogP contribution is -2.45. The summed E-state index contributed by atoms with van der Waals surface area (Å²) in [6.45, 7) is 6.95. The van der Waals surface area contributed by atoms with Crippen LogP contribution >= 0.6 is 11.3 Å². The third kappa shape index (κ3) is 3.31. The molecule has 2 aromatic rings. The van der Waals surface area contributed by atoms with E-state index in [2.05, 4.69) is 17.2 Å². The lowest BCUT2D eigenvalue weighted by molar-refractivity contribution is 0.0705. The van der Waals surface area contributed by atoms with Crippen molar-refractivity contribution in [2.24, 2.45) is 0 Å². The molecule has 4 nitrogen and oxygen atoms in total. The van der Waals surface area contributed by atoms with Gasteiger partial charge in [0, 0.05) is 24.7 Å². The first-order valence-electron chi connectivity index (χ1n) is 8.07. The molecular formula is C17H23N3OS. The molecule has 0 spiro atoms. The second kappa shape index (κ2) is 6.75. The number of likely N-dealkylation sites (tertiary alicyclic amines) is 1. The highest BCUT2D eigenvalue weighted by Gasteiger charge is 2.23. The van der Waals surface area contributed by atoms with Gasteiger partial charge in [0.1, 0.15) is 0 Å². The summed E-state index contributed by atoms with van der Waals surface area (Å²) >= 11 is 1.65. The minimum absolute atomic E-state index is 0.155. The van der Waals surface area contributed by atoms with Crippen molar-refractivity contribution in [3.8, 4) is 0 Å². The highest BCUT2D eigenvalue weighted by molar-refractivity contribution is 7.18. The van der Waals surface area contributed by atoms with Crippen LogP contribution in [0.1, 0.15) is 41.6 Å². The molecule has 1 amide bonds. The van der Waals surface area contributed by atoms with E-state index < -0.39 is 0 Å². The van der Waals surface area contributed by atoms with Crippen molar-refractivity contribution in [3.63, 3.8) is 0 Å². The van der Waals surface area contributed by atoms with Crippen LogP contribution in [-0.2, 0) is 0 Å². The Morgan fingerprint density at radius 1 is 1.41 bits per heavy atom. The van der Waals surface area contributed by atoms with E-state index in [1.165, 1.54) is 0 Å². The van der Waals surface area contributed by atoms with Crippen LogP contribution < -0.4 is 5.32 Å². The van der Waals surface area contributed by atoms with E-state index in [1.54, 1.807) is 11.3 Å². The molecule has 1 aliphatic rings. The van der Waals surface area contributed by atoms with Gasteiger partial charge in [-0.15, -0.1) is 11.3 Å². The molecule has 0 unspecified atom stereocenters. The Hall–Kier alpha value is -1.46. The number of fused-ring (bicyclic) bond motifs is 1. The number of nitrogens with zero attached hydrogens (tertiary/aromatic N) is 2. The van der Waals surface area contributed by atoms with Gasteiger partial charge in [0.25, 0.3) is 5.91 Å². The molecule has 1 aromatic carbocycles. The van der Waals surface area contributed by atoms with Crippen molar-refractivity contribution in [1.29, 1.82) is 0 Å². The third-order valence-corrected chi connectivity index (χ3v) is 5.14. The third-order valence-electron chi connectivity index (χ3n) is 4.21. The normalized spacial score (nSPS) is 16.4. The number of amides is 1. The Kier molecular flexibility index (Phi) is 4.74. The number of hydrogen-bond acceptors (Lipinski definition) is 4. The zero-order chi connectivity index (χ0) is 15.5. The van der Waals surface area contributed by atoms with Gasteiger partial charge in [0.15, 0.2) is 0 Å². The van der Waals surface area contributed by atoms with Gasteiger partial charge in [-0.25, -0.2) is 4.98 Å². The molecule has 1 aliphatic heterocycles. The first kappa shape index (κ1) is 15.4. The molecule has 0 saturated carbocycles. The number of nitrogens with one attached hydrogen (secondary N) is 1. The molecule has 1 saturated heterocycles. The van der Waals surface area contributed by atoms with Crippen LogP contribution in [0.4, 0.5) is 0 Å². The van der Waals surface area contributed by atoms with Crippen molar-refractivity contribution >= 4 is 27.5 Å². The summed E-state index contributed by atoms with van der Waals surface area (Å²) in [5.74, 6) is 0.155. The number of benzene rings is 1. The van der Waals surface area contributed by atoms with Crippen LogP contribution in [-0.4, -0.2) is 41.5 Å². The van der Waals surface area contributed by atoms with E-state index in [1.807, 2.05) is 30.0 Å². The highest BCUT2D eigenvalue weighted by atomic mass is 32.1. The predicted molar refractivity (Wildman–Crippen MR) is 91.6 cm³/mol. The number of carbonyl (C=O) groups is 1. The number of rotatable bonds is 4. The predicted octanol–water partition coefficient (Wildman–Crippen LogP) is 3.21. The van der Waals surface area contributed by atoms with Crippen LogP contribution in [0.25, 0.3) is 10.2 Å². The second-order valence-corrected chi connectivity index (χ2v) is 7.17. The maximum absolute atomic E-state index is 12.7. The Balaban J connectivity index is 1.65. The summed E-state index contributed by atoms with van der Waals surface area (Å²) in [7, 11) is 0. The minimum Gasteiger partial charge on any atom is -0.339 e. The molecule has 1 aromatic heterocycles. The second-order valence-electron chi connectivity index (χ2n) is 5.94. The van der Waals surface area contributed by atoms with Gasteiger partial charge in [0.05, 0.1) is 15.2 Å². The molecule has 1 fully saturated rings. The molecule has 0 bridgehead atoms. The van der Waals surface area contributed by atoms with Crippen molar-refractivity contribution in [3.05, 3.63) is 28.8 Å². The van der Waals surface area contributed by atoms with Crippen LogP contribution in [0.2, 0.25) is 0 Å². The summed E-state index contributed by atoms with van der Waals surface area (Å²) in [5, 5.41) is 4.60. The zero-order valence-corrected chi connectivity index (χ0v) is 14.1. The fourth-order valence-electron chi connectivity index (χ4n) is 2.99. The fourth-order valence-corrected chi connectivity index (χ4v) is 3.86. The van der Waals surface area contributed by atoms with E-state index in [-0.39, 0.29) is 5.91 Å². The van der Waals surface area contributed by atoms with Crippen LogP contribution in [0, 0.1) is 6.92 Å². The van der Waals surface area contributed by atoms with E-state index >= 15 is 0 Å². The first-order valence-corrected chi connectivity index (χ1v) is 8.89. The average molecular weight is 317 g/mol. The van der Waals surface area contributed by atoms with E-state index in [9.17, 15) is 4.79 Å². The molecule has 1 N–H and O–H groups in total. The van der Waals surface area contributed by atoms with Crippen molar-refractivity contribution < 1.29 is 4.79 Å². The molecule has 0 aliphatic carbocycles. The summed E-state index contributed by atoms with van der Waals surface area (Å²) in [5.41, 5.74) is 1.78. The molecular weight excluding hydrogens is 294 g/mol. The topological polar surface area (TPSA) is 45.2 Å². The maximum Gasteiger partial charge on any atom is 0.253 e. The molecule has 0 atom stereocenters. The number of piperidine rings is 1. The van der Waals surface area contributed by atoms with Crippen LogP contribution in [0.5, 0.6) is 0 Å². The molecule has 3 rings (SSSR count). The van der Waals surface area contributed by atoms with Crippen molar-refractivity contribution in [2.75, 3.05) is 19.6 Å². The number of aryl methyl sites for hydroxylation is 1. The van der Waals surface area contributed by atoms with Crippen LogP contribution in [0.15, 0.2) is 18.2 Å². The Morgan fingerprint density at radius 2 is 2.18 bits per heavy atom. The van der Waals surface area contributed by atoms with Gasteiger partial charge < -0.3 is 10.2 Å². The van der Waals surface area contributed by atoms with Crippen molar-refractivity contribution in [1.82, 2.24) is 15.2 Å². The van der Waals surface area contributed by atoms with E-state index in [4.69, 9.17) is 0 Å². The lowest BCUT2D eigenvalue weighted by Gasteiger charge is -2.32. The summed E-state index contributed by atoms with van der Waals surface area (Å²) < 4.78 is 1.10. The Labute approximate surface area is 135 Å². The monoisotopic (exact) mass is 317 g/mol. The molecule has 118 valence electrons. The molecule has 22 heavy (non-hydrogen) atoms. The minimum atomic E-state index is 0.155. The van der Waals surface area contributed by atoms with E-state index in [0.717, 1.165) is 59.7 Å². The van der Waals surface area contributed by atoms with Crippen molar-refractivity contribution in [2.45, 2.75) is 39.2 Å². The lowest BCUT2D eigenvalue weighted by atomic mass is 10.0. The van der Waals surface area contributed by atoms with Gasteiger partial charge in [-0.05, 0) is 50.9 Å². The van der Waals surface area contributed by atoms with E-state index in [0.29, 0.717) is 6.04 Å². The number of aromatic nitrogens is 1. The van der Waals surface area contributed by atoms with Gasteiger partial charge in [0.2, 0.25) is 0 Å². The van der Waals surface area contributed by atoms with Gasteiger partial charge in [-0.3, -0.25) is 4.79 Å². The Bertz CT molecular complexity index is 659. The highest BCUT2D eigenvalue weighted by Crippen LogP contribution is 2.24. The average Bonchev–Trinajstić information content (AvgIpc) is 2.91. The number of hydrogen-bond donors (Lipinski definition) is 1. The molecule has 5 heteroatoms. The summed E-state index contributed by atoms with van der Waals surface area (Å²) in [6.07, 6.45) is 3.26. The van der Waals surface area contributed by atoms with Gasteiger partial charge in [-0.1, -0.05) is 6.92 Å². The SMILES string of the molecule is CCCNC1CCN(C(=O)c2ccc3nc(C)sc3c2)CC1. The molecule has 2 heterocycles. The largest absolute Gasteiger partial charge is 0.339 e. The Morgan fingerprint density at radius 3 is 2.91 bits per heavy atom. The zero-order valence-electron chi connectivity index (χ0n) is 13.3. The van der Waals surface area contributed by atoms with Gasteiger partial charge in [-0.2, -0.15) is 0 Å². The summed E-state index contributed by atoms with van der Waals surface area (Å²) in [4.78, 5) is 19.1. The smallest absolute Gasteiger partial charge is 0.253 e. The van der Waals surface area contributed by atoms with Gasteiger partial charge >= 0.3 is 0 Å². The number of carbonyl (C=O) groups excluding carboxylic acids is 1. The quantitative estimate of drug-likeness (QED) is 0.942.